The van der Waals surface area contributed by atoms with Crippen LogP contribution in [0.3, 0.4) is 0 Å². The highest BCUT2D eigenvalue weighted by Gasteiger charge is 2.28. The molecule has 106 valence electrons. The van der Waals surface area contributed by atoms with Crippen LogP contribution in [0.25, 0.3) is 0 Å². The second kappa shape index (κ2) is 5.91. The van der Waals surface area contributed by atoms with E-state index in [1.54, 1.807) is 25.1 Å². The number of anilines is 1. The van der Waals surface area contributed by atoms with Crippen molar-refractivity contribution in [2.45, 2.75) is 19.8 Å². The van der Waals surface area contributed by atoms with Crippen LogP contribution >= 0.6 is 0 Å². The van der Waals surface area contributed by atoms with Crippen LogP contribution in [0.5, 0.6) is 0 Å². The second-order valence-electron chi connectivity index (χ2n) is 5.45. The van der Waals surface area contributed by atoms with Crippen molar-refractivity contribution in [3.05, 3.63) is 23.4 Å². The minimum atomic E-state index is -0.00685. The first-order chi connectivity index (χ1) is 9.52. The zero-order chi connectivity index (χ0) is 14.7. The third kappa shape index (κ3) is 2.90. The van der Waals surface area contributed by atoms with E-state index in [9.17, 15) is 10.1 Å². The van der Waals surface area contributed by atoms with Gasteiger partial charge in [0, 0.05) is 32.9 Å². The van der Waals surface area contributed by atoms with E-state index in [1.807, 2.05) is 13.0 Å². The van der Waals surface area contributed by atoms with Gasteiger partial charge in [-0.2, -0.15) is 5.26 Å². The molecule has 1 aliphatic rings. The van der Waals surface area contributed by atoms with Crippen LogP contribution in [0.1, 0.15) is 24.1 Å². The van der Waals surface area contributed by atoms with Crippen LogP contribution in [-0.2, 0) is 4.79 Å². The van der Waals surface area contributed by atoms with E-state index in [0.717, 1.165) is 25.1 Å². The molecular weight excluding hydrogens is 252 g/mol. The van der Waals surface area contributed by atoms with Crippen molar-refractivity contribution in [1.82, 2.24) is 9.88 Å². The number of pyridine rings is 1. The highest BCUT2D eigenvalue weighted by Crippen LogP contribution is 2.25. The van der Waals surface area contributed by atoms with E-state index in [-0.39, 0.29) is 11.8 Å². The molecule has 0 spiro atoms. The van der Waals surface area contributed by atoms with Crippen molar-refractivity contribution >= 4 is 11.7 Å². The summed E-state index contributed by atoms with van der Waals surface area (Å²) >= 11 is 0. The maximum absolute atomic E-state index is 12.1. The molecule has 5 nitrogen and oxygen atoms in total. The third-order valence-corrected chi connectivity index (χ3v) is 3.65. The van der Waals surface area contributed by atoms with E-state index in [1.165, 1.54) is 0 Å². The largest absolute Gasteiger partial charge is 0.355 e. The van der Waals surface area contributed by atoms with Gasteiger partial charge < -0.3 is 9.80 Å². The molecule has 1 aliphatic heterocycles. The quantitative estimate of drug-likeness (QED) is 0.820. The van der Waals surface area contributed by atoms with Crippen molar-refractivity contribution in [1.29, 1.82) is 5.26 Å². The number of hydrogen-bond donors (Lipinski definition) is 0. The highest BCUT2D eigenvalue weighted by molar-refractivity contribution is 5.79. The first-order valence-electron chi connectivity index (χ1n) is 6.86. The Balaban J connectivity index is 2.23. The van der Waals surface area contributed by atoms with E-state index in [4.69, 9.17) is 0 Å². The molecule has 1 aromatic rings. The van der Waals surface area contributed by atoms with E-state index in [0.29, 0.717) is 17.9 Å². The van der Waals surface area contributed by atoms with Gasteiger partial charge in [0.05, 0.1) is 11.5 Å². The van der Waals surface area contributed by atoms with Gasteiger partial charge in [0.25, 0.3) is 0 Å². The Labute approximate surface area is 119 Å². The fourth-order valence-corrected chi connectivity index (χ4v) is 2.61. The van der Waals surface area contributed by atoms with Crippen LogP contribution < -0.4 is 4.90 Å². The number of aryl methyl sites for hydroxylation is 1. The zero-order valence-electron chi connectivity index (χ0n) is 12.3. The highest BCUT2D eigenvalue weighted by atomic mass is 16.2. The van der Waals surface area contributed by atoms with Crippen molar-refractivity contribution in [3.8, 4) is 6.07 Å². The van der Waals surface area contributed by atoms with Gasteiger partial charge in [0.15, 0.2) is 0 Å². The fourth-order valence-electron chi connectivity index (χ4n) is 2.61. The van der Waals surface area contributed by atoms with Gasteiger partial charge in [-0.05, 0) is 31.9 Å². The van der Waals surface area contributed by atoms with Crippen molar-refractivity contribution < 1.29 is 4.79 Å². The van der Waals surface area contributed by atoms with Crippen LogP contribution in [0.2, 0.25) is 0 Å². The van der Waals surface area contributed by atoms with Crippen molar-refractivity contribution in [2.24, 2.45) is 5.92 Å². The van der Waals surface area contributed by atoms with Gasteiger partial charge in [-0.1, -0.05) is 0 Å². The molecule has 1 amide bonds. The summed E-state index contributed by atoms with van der Waals surface area (Å²) < 4.78 is 0. The number of nitrogens with zero attached hydrogens (tertiary/aromatic N) is 4. The molecule has 2 heterocycles. The standard InChI is InChI=1S/C15H20N4O/c1-11-6-7-12(9-16)14(17-11)19-8-4-5-13(10-19)15(20)18(2)3/h6-7,13H,4-5,8,10H2,1-3H3. The van der Waals surface area contributed by atoms with E-state index in [2.05, 4.69) is 16.0 Å². The lowest BCUT2D eigenvalue weighted by molar-refractivity contribution is -0.133. The Morgan fingerprint density at radius 3 is 2.90 bits per heavy atom. The number of carbonyl (C=O) groups is 1. The maximum Gasteiger partial charge on any atom is 0.226 e. The minimum absolute atomic E-state index is 0.00685. The molecule has 20 heavy (non-hydrogen) atoms. The van der Waals surface area contributed by atoms with Gasteiger partial charge in [-0.15, -0.1) is 0 Å². The summed E-state index contributed by atoms with van der Waals surface area (Å²) in [6.07, 6.45) is 1.85. The van der Waals surface area contributed by atoms with E-state index >= 15 is 0 Å². The number of rotatable bonds is 2. The molecule has 2 rings (SSSR count). The summed E-state index contributed by atoms with van der Waals surface area (Å²) in [5.74, 6) is 0.859. The van der Waals surface area contributed by atoms with Gasteiger partial charge in [-0.25, -0.2) is 4.98 Å². The molecule has 1 fully saturated rings. The lowest BCUT2D eigenvalue weighted by Gasteiger charge is -2.34. The topological polar surface area (TPSA) is 60.2 Å². The summed E-state index contributed by atoms with van der Waals surface area (Å²) in [6.45, 7) is 3.40. The summed E-state index contributed by atoms with van der Waals surface area (Å²) in [6, 6.07) is 5.83. The fraction of sp³-hybridized carbons (Fsp3) is 0.533. The van der Waals surface area contributed by atoms with Gasteiger partial charge >= 0.3 is 0 Å². The molecule has 0 bridgehead atoms. The van der Waals surface area contributed by atoms with Crippen molar-refractivity contribution in [2.75, 3.05) is 32.1 Å². The predicted octanol–water partition coefficient (Wildman–Crippen LogP) is 1.57. The number of piperidine rings is 1. The first kappa shape index (κ1) is 14.3. The summed E-state index contributed by atoms with van der Waals surface area (Å²) in [4.78, 5) is 20.3. The molecule has 1 unspecified atom stereocenters. The summed E-state index contributed by atoms with van der Waals surface area (Å²) in [5.41, 5.74) is 1.47. The average Bonchev–Trinajstić information content (AvgIpc) is 2.46. The number of hydrogen-bond acceptors (Lipinski definition) is 4. The SMILES string of the molecule is Cc1ccc(C#N)c(N2CCCC(C(=O)N(C)C)C2)n1. The Morgan fingerprint density at radius 2 is 2.25 bits per heavy atom. The van der Waals surface area contributed by atoms with Gasteiger partial charge in [0.1, 0.15) is 11.9 Å². The molecule has 0 saturated carbocycles. The average molecular weight is 272 g/mol. The molecule has 1 saturated heterocycles. The normalized spacial score (nSPS) is 18.5. The number of carbonyl (C=O) groups excluding carboxylic acids is 1. The molecule has 0 aromatic carbocycles. The molecular formula is C15H20N4O. The smallest absolute Gasteiger partial charge is 0.226 e. The lowest BCUT2D eigenvalue weighted by Crippen LogP contribution is -2.43. The number of amides is 1. The molecule has 1 aromatic heterocycles. The predicted molar refractivity (Wildman–Crippen MR) is 77.3 cm³/mol. The van der Waals surface area contributed by atoms with Gasteiger partial charge in [-0.3, -0.25) is 4.79 Å². The monoisotopic (exact) mass is 272 g/mol. The Hall–Kier alpha value is -2.09. The van der Waals surface area contributed by atoms with Gasteiger partial charge in [0.2, 0.25) is 5.91 Å². The van der Waals surface area contributed by atoms with Crippen LogP contribution in [0.4, 0.5) is 5.82 Å². The molecule has 5 heteroatoms. The third-order valence-electron chi connectivity index (χ3n) is 3.65. The summed E-state index contributed by atoms with van der Waals surface area (Å²) in [5, 5.41) is 9.21. The van der Waals surface area contributed by atoms with Crippen molar-refractivity contribution in [3.63, 3.8) is 0 Å². The number of nitriles is 1. The van der Waals surface area contributed by atoms with Crippen LogP contribution in [-0.4, -0.2) is 43.0 Å². The minimum Gasteiger partial charge on any atom is -0.355 e. The molecule has 0 N–H and O–H groups in total. The number of aromatic nitrogens is 1. The van der Waals surface area contributed by atoms with Crippen LogP contribution in [0, 0.1) is 24.2 Å². The Morgan fingerprint density at radius 1 is 1.50 bits per heavy atom. The van der Waals surface area contributed by atoms with E-state index < -0.39 is 0 Å². The maximum atomic E-state index is 12.1. The Bertz CT molecular complexity index is 547. The summed E-state index contributed by atoms with van der Waals surface area (Å²) in [7, 11) is 3.57. The molecule has 0 radical (unpaired) electrons. The zero-order valence-corrected chi connectivity index (χ0v) is 12.3. The second-order valence-corrected chi connectivity index (χ2v) is 5.45. The Kier molecular flexibility index (Phi) is 4.23. The van der Waals surface area contributed by atoms with Crippen LogP contribution in [0.15, 0.2) is 12.1 Å². The molecule has 0 aliphatic carbocycles. The molecule has 1 atom stereocenters. The lowest BCUT2D eigenvalue weighted by atomic mass is 9.96. The first-order valence-corrected chi connectivity index (χ1v) is 6.86.